The fourth-order valence-electron chi connectivity index (χ4n) is 3.21. The van der Waals surface area contributed by atoms with Crippen LogP contribution in [0.3, 0.4) is 0 Å². The lowest BCUT2D eigenvalue weighted by Crippen LogP contribution is -2.55. The van der Waals surface area contributed by atoms with Crippen LogP contribution in [0.15, 0.2) is 6.33 Å². The minimum atomic E-state index is -0.963. The zero-order chi connectivity index (χ0) is 15.0. The molecule has 21 heavy (non-hydrogen) atoms. The first-order valence-electron chi connectivity index (χ1n) is 7.27. The summed E-state index contributed by atoms with van der Waals surface area (Å²) in [5.74, 6) is -1.02. The van der Waals surface area contributed by atoms with Crippen LogP contribution in [0.5, 0.6) is 0 Å². The number of carbonyl (C=O) groups excluding carboxylic acids is 1. The zero-order valence-corrected chi connectivity index (χ0v) is 12.1. The number of amides is 1. The Bertz CT molecular complexity index is 562. The highest BCUT2D eigenvalue weighted by atomic mass is 16.4. The van der Waals surface area contributed by atoms with E-state index in [1.165, 1.54) is 4.90 Å². The fourth-order valence-corrected chi connectivity index (χ4v) is 3.21. The van der Waals surface area contributed by atoms with Crippen LogP contribution in [0, 0.1) is 5.41 Å². The Hall–Kier alpha value is -1.89. The van der Waals surface area contributed by atoms with Gasteiger partial charge in [-0.2, -0.15) is 0 Å². The molecule has 3 rings (SSSR count). The lowest BCUT2D eigenvalue weighted by molar-refractivity contribution is -0.157. The topological polar surface area (TPSA) is 98.3 Å². The second kappa shape index (κ2) is 5.14. The van der Waals surface area contributed by atoms with Gasteiger partial charge in [0.25, 0.3) is 0 Å². The van der Waals surface area contributed by atoms with E-state index in [-0.39, 0.29) is 12.3 Å². The molecule has 0 aromatic carbocycles. The maximum Gasteiger partial charge on any atom is 0.326 e. The highest BCUT2D eigenvalue weighted by Crippen LogP contribution is 2.33. The van der Waals surface area contributed by atoms with E-state index in [9.17, 15) is 14.7 Å². The molecular weight excluding hydrogens is 272 g/mol. The minimum Gasteiger partial charge on any atom is -0.480 e. The van der Waals surface area contributed by atoms with Crippen LogP contribution in [-0.2, 0) is 22.6 Å². The fraction of sp³-hybridized carbons (Fsp3) is 0.643. The number of hydrogen-bond acceptors (Lipinski definition) is 4. The summed E-state index contributed by atoms with van der Waals surface area (Å²) in [5.41, 5.74) is 1.12. The lowest BCUT2D eigenvalue weighted by atomic mass is 9.79. The first-order chi connectivity index (χ1) is 10.0. The number of aliphatic carboxylic acids is 1. The molecule has 3 N–H and O–H groups in total. The Morgan fingerprint density at radius 3 is 2.81 bits per heavy atom. The van der Waals surface area contributed by atoms with Gasteiger partial charge in [-0.15, -0.1) is 0 Å². The molecule has 7 heteroatoms. The van der Waals surface area contributed by atoms with E-state index in [1.54, 1.807) is 6.33 Å². The molecule has 1 aromatic rings. The molecule has 1 fully saturated rings. The van der Waals surface area contributed by atoms with E-state index in [4.69, 9.17) is 0 Å². The average Bonchev–Trinajstić information content (AvgIpc) is 2.93. The summed E-state index contributed by atoms with van der Waals surface area (Å²) in [6, 6.07) is -0.819. The Balaban J connectivity index is 1.88. The van der Waals surface area contributed by atoms with E-state index >= 15 is 0 Å². The third kappa shape index (κ3) is 2.42. The highest BCUT2D eigenvalue weighted by molar-refractivity contribution is 5.88. The number of nitrogens with one attached hydrogen (secondary N) is 2. The molecule has 114 valence electrons. The van der Waals surface area contributed by atoms with Gasteiger partial charge in [0.1, 0.15) is 6.04 Å². The van der Waals surface area contributed by atoms with E-state index in [2.05, 4.69) is 15.3 Å². The summed E-state index contributed by atoms with van der Waals surface area (Å²) < 4.78 is 0. The highest BCUT2D eigenvalue weighted by Gasteiger charge is 2.44. The summed E-state index contributed by atoms with van der Waals surface area (Å²) in [7, 11) is 0. The predicted octanol–water partition coefficient (Wildman–Crippen LogP) is 0.137. The van der Waals surface area contributed by atoms with Crippen LogP contribution >= 0.6 is 0 Å². The van der Waals surface area contributed by atoms with Gasteiger partial charge in [-0.25, -0.2) is 9.78 Å². The molecule has 1 atom stereocenters. The SMILES string of the molecule is CC1(C(=O)N2Cc3[nH]cnc3CC2C(=O)O)CCNCC1. The summed E-state index contributed by atoms with van der Waals surface area (Å²) in [4.78, 5) is 33.1. The third-order valence-electron chi connectivity index (χ3n) is 4.67. The van der Waals surface area contributed by atoms with Crippen molar-refractivity contribution in [1.29, 1.82) is 0 Å². The molecule has 0 radical (unpaired) electrons. The largest absolute Gasteiger partial charge is 0.480 e. The standard InChI is InChI=1S/C14H20N4O3/c1-14(2-4-15-5-3-14)13(21)18-7-10-9(16-8-17-10)6-11(18)12(19)20/h8,11,15H,2-7H2,1H3,(H,16,17)(H,19,20). The molecule has 3 heterocycles. The number of piperidine rings is 1. The maximum absolute atomic E-state index is 12.9. The molecule has 1 unspecified atom stereocenters. The van der Waals surface area contributed by atoms with Crippen LogP contribution in [0.2, 0.25) is 0 Å². The van der Waals surface area contributed by atoms with Crippen LogP contribution in [-0.4, -0.2) is 51.0 Å². The minimum absolute atomic E-state index is 0.0587. The Morgan fingerprint density at radius 1 is 1.43 bits per heavy atom. The van der Waals surface area contributed by atoms with E-state index in [1.807, 2.05) is 6.92 Å². The van der Waals surface area contributed by atoms with Crippen molar-refractivity contribution in [2.24, 2.45) is 5.41 Å². The number of carboxylic acid groups (broad SMARTS) is 1. The van der Waals surface area contributed by atoms with Gasteiger partial charge in [0.2, 0.25) is 5.91 Å². The quantitative estimate of drug-likeness (QED) is 0.720. The number of carbonyl (C=O) groups is 2. The number of aromatic nitrogens is 2. The van der Waals surface area contributed by atoms with Crippen molar-refractivity contribution in [3.63, 3.8) is 0 Å². The van der Waals surface area contributed by atoms with Crippen LogP contribution < -0.4 is 5.32 Å². The van der Waals surface area contributed by atoms with Gasteiger partial charge in [0, 0.05) is 11.8 Å². The van der Waals surface area contributed by atoms with Crippen LogP contribution in [0.1, 0.15) is 31.2 Å². The van der Waals surface area contributed by atoms with Crippen molar-refractivity contribution in [3.8, 4) is 0 Å². The van der Waals surface area contributed by atoms with Gasteiger partial charge < -0.3 is 20.3 Å². The molecule has 1 saturated heterocycles. The van der Waals surface area contributed by atoms with Gasteiger partial charge in [-0.3, -0.25) is 4.79 Å². The molecule has 7 nitrogen and oxygen atoms in total. The monoisotopic (exact) mass is 292 g/mol. The van der Waals surface area contributed by atoms with Gasteiger partial charge >= 0.3 is 5.97 Å². The van der Waals surface area contributed by atoms with Crippen molar-refractivity contribution in [3.05, 3.63) is 17.7 Å². The summed E-state index contributed by atoms with van der Waals surface area (Å²) in [6.45, 7) is 3.83. The average molecular weight is 292 g/mol. The lowest BCUT2D eigenvalue weighted by Gasteiger charge is -2.41. The number of H-pyrrole nitrogens is 1. The molecule has 0 bridgehead atoms. The number of carboxylic acids is 1. The Morgan fingerprint density at radius 2 is 2.14 bits per heavy atom. The molecule has 1 amide bonds. The van der Waals surface area contributed by atoms with Crippen LogP contribution in [0.25, 0.3) is 0 Å². The molecule has 1 aromatic heterocycles. The molecule has 2 aliphatic heterocycles. The summed E-state index contributed by atoms with van der Waals surface area (Å²) >= 11 is 0. The van der Waals surface area contributed by atoms with Crippen molar-refractivity contribution >= 4 is 11.9 Å². The van der Waals surface area contributed by atoms with E-state index in [0.717, 1.165) is 37.3 Å². The van der Waals surface area contributed by atoms with Crippen molar-refractivity contribution in [2.45, 2.75) is 38.8 Å². The van der Waals surface area contributed by atoms with E-state index in [0.29, 0.717) is 6.54 Å². The molecule has 0 spiro atoms. The van der Waals surface area contributed by atoms with Crippen molar-refractivity contribution in [1.82, 2.24) is 20.2 Å². The molecular formula is C14H20N4O3. The smallest absolute Gasteiger partial charge is 0.326 e. The second-order valence-corrected chi connectivity index (χ2v) is 6.13. The zero-order valence-electron chi connectivity index (χ0n) is 12.1. The number of fused-ring (bicyclic) bond motifs is 1. The number of aromatic amines is 1. The predicted molar refractivity (Wildman–Crippen MR) is 74.5 cm³/mol. The summed E-state index contributed by atoms with van der Waals surface area (Å²) in [5, 5.41) is 12.7. The molecule has 0 saturated carbocycles. The normalized spacial score (nSPS) is 24.4. The number of imidazole rings is 1. The number of nitrogens with zero attached hydrogens (tertiary/aromatic N) is 2. The Kier molecular flexibility index (Phi) is 3.44. The third-order valence-corrected chi connectivity index (χ3v) is 4.67. The Labute approximate surface area is 122 Å². The van der Waals surface area contributed by atoms with Crippen molar-refractivity contribution in [2.75, 3.05) is 13.1 Å². The number of hydrogen-bond donors (Lipinski definition) is 3. The molecule has 0 aliphatic carbocycles. The van der Waals surface area contributed by atoms with Gasteiger partial charge in [0.05, 0.1) is 24.3 Å². The molecule has 2 aliphatic rings. The van der Waals surface area contributed by atoms with Gasteiger partial charge in [0.15, 0.2) is 0 Å². The maximum atomic E-state index is 12.9. The van der Waals surface area contributed by atoms with Gasteiger partial charge in [-0.05, 0) is 25.9 Å². The number of rotatable bonds is 2. The first kappa shape index (κ1) is 14.1. The second-order valence-electron chi connectivity index (χ2n) is 6.13. The van der Waals surface area contributed by atoms with Crippen LogP contribution in [0.4, 0.5) is 0 Å². The summed E-state index contributed by atoms with van der Waals surface area (Å²) in [6.07, 6.45) is 3.31. The van der Waals surface area contributed by atoms with Gasteiger partial charge in [-0.1, -0.05) is 6.92 Å². The first-order valence-corrected chi connectivity index (χ1v) is 7.27. The van der Waals surface area contributed by atoms with Crippen molar-refractivity contribution < 1.29 is 14.7 Å². The van der Waals surface area contributed by atoms with E-state index < -0.39 is 17.4 Å².